The number of hydrogen-bond acceptors (Lipinski definition) is 9. The molecule has 3 aromatic rings. The lowest BCUT2D eigenvalue weighted by Crippen LogP contribution is -2.58. The molecule has 2 fully saturated rings. The first-order chi connectivity index (χ1) is 31.1. The summed E-state index contributed by atoms with van der Waals surface area (Å²) in [6.45, 7) is 16.8. The van der Waals surface area contributed by atoms with Gasteiger partial charge in [-0.05, 0) is 105 Å². The number of nitrogens with zero attached hydrogens (tertiary/aromatic N) is 3. The molecule has 0 radical (unpaired) electrons. The van der Waals surface area contributed by atoms with Crippen molar-refractivity contribution in [1.82, 2.24) is 20.4 Å². The maximum Gasteiger partial charge on any atom is 0.407 e. The fraction of sp³-hybridized carbons (Fsp3) is 0.440. The number of likely N-dealkylation sites (N-methyl/N-ethyl adjacent to an activating group) is 1. The van der Waals surface area contributed by atoms with Crippen LogP contribution in [0.1, 0.15) is 78.4 Å². The van der Waals surface area contributed by atoms with E-state index in [1.54, 1.807) is 37.8 Å². The van der Waals surface area contributed by atoms with Crippen molar-refractivity contribution < 1.29 is 38.2 Å². The van der Waals surface area contributed by atoms with Crippen molar-refractivity contribution in [1.29, 1.82) is 0 Å². The molecule has 5 unspecified atom stereocenters. The van der Waals surface area contributed by atoms with Gasteiger partial charge in [-0.25, -0.2) is 4.79 Å². The third-order valence-electron chi connectivity index (χ3n) is 11.8. The molecule has 2 heterocycles. The Labute approximate surface area is 383 Å². The van der Waals surface area contributed by atoms with Crippen molar-refractivity contribution in [3.8, 4) is 0 Å². The van der Waals surface area contributed by atoms with Gasteiger partial charge in [-0.15, -0.1) is 0 Å². The molecule has 6 amide bonds. The third kappa shape index (κ3) is 13.1. The molecule has 15 heteroatoms. The molecule has 0 saturated carbocycles. The summed E-state index contributed by atoms with van der Waals surface area (Å²) in [4.78, 5) is 85.1. The Kier molecular flexibility index (Phi) is 17.5. The molecule has 3 aromatic carbocycles. The fourth-order valence-corrected chi connectivity index (χ4v) is 8.11. The van der Waals surface area contributed by atoms with Gasteiger partial charge in [0.25, 0.3) is 0 Å². The average molecular weight is 892 g/mol. The molecule has 2 aliphatic heterocycles. The van der Waals surface area contributed by atoms with Crippen LogP contribution in [0.3, 0.4) is 0 Å². The lowest BCUT2D eigenvalue weighted by Gasteiger charge is -2.36. The lowest BCUT2D eigenvalue weighted by atomic mass is 9.85. The van der Waals surface area contributed by atoms with Crippen molar-refractivity contribution in [3.05, 3.63) is 114 Å². The van der Waals surface area contributed by atoms with Crippen LogP contribution >= 0.6 is 0 Å². The molecule has 15 nitrogen and oxygen atoms in total. The molecule has 348 valence electrons. The summed E-state index contributed by atoms with van der Waals surface area (Å²) >= 11 is 0. The minimum atomic E-state index is -0.982. The highest BCUT2D eigenvalue weighted by Crippen LogP contribution is 2.26. The van der Waals surface area contributed by atoms with Gasteiger partial charge in [-0.1, -0.05) is 82.0 Å². The molecule has 0 aliphatic carbocycles. The summed E-state index contributed by atoms with van der Waals surface area (Å²) in [7, 11) is 1.23. The van der Waals surface area contributed by atoms with Crippen LogP contribution in [-0.4, -0.2) is 103 Å². The molecule has 2 saturated heterocycles. The number of para-hydroxylation sites is 1. The van der Waals surface area contributed by atoms with Gasteiger partial charge in [0.2, 0.25) is 29.5 Å². The summed E-state index contributed by atoms with van der Waals surface area (Å²) < 4.78 is 10.3. The normalized spacial score (nSPS) is 17.5. The van der Waals surface area contributed by atoms with Gasteiger partial charge in [-0.2, -0.15) is 0 Å². The predicted octanol–water partition coefficient (Wildman–Crippen LogP) is 6.57. The first-order valence-electron chi connectivity index (χ1n) is 22.3. The van der Waals surface area contributed by atoms with E-state index in [1.165, 1.54) is 12.0 Å². The van der Waals surface area contributed by atoms with Crippen molar-refractivity contribution in [2.75, 3.05) is 42.3 Å². The molecule has 4 N–H and O–H groups in total. The van der Waals surface area contributed by atoms with Crippen LogP contribution in [0.25, 0.3) is 0 Å². The summed E-state index contributed by atoms with van der Waals surface area (Å²) in [5, 5.41) is 11.4. The molecule has 0 aromatic heterocycles. The number of benzene rings is 3. The molecular formula is C50H65N7O8. The van der Waals surface area contributed by atoms with E-state index >= 15 is 0 Å². The zero-order valence-corrected chi connectivity index (χ0v) is 38.7. The highest BCUT2D eigenvalue weighted by molar-refractivity contribution is 6.00. The number of anilines is 3. The number of alkyl carbamates (subject to hydrolysis) is 1. The topological polar surface area (TPSA) is 179 Å². The number of methoxy groups -OCH3 is 1. The predicted molar refractivity (Wildman–Crippen MR) is 252 cm³/mol. The van der Waals surface area contributed by atoms with E-state index in [1.807, 2.05) is 99.6 Å². The molecule has 0 spiro atoms. The lowest BCUT2D eigenvalue weighted by molar-refractivity contribution is -0.141. The summed E-state index contributed by atoms with van der Waals surface area (Å²) in [6.07, 6.45) is 4.47. The number of allylic oxidation sites excluding steroid dienone is 1. The highest BCUT2D eigenvalue weighted by Gasteiger charge is 2.40. The Balaban J connectivity index is 1.21. The maximum atomic E-state index is 14.0. The van der Waals surface area contributed by atoms with E-state index in [4.69, 9.17) is 9.47 Å². The van der Waals surface area contributed by atoms with Crippen LogP contribution in [0.5, 0.6) is 0 Å². The van der Waals surface area contributed by atoms with Gasteiger partial charge in [0.05, 0.1) is 7.11 Å². The second kappa shape index (κ2) is 22.9. The molecule has 65 heavy (non-hydrogen) atoms. The zero-order chi connectivity index (χ0) is 47.3. The number of rotatable bonds is 18. The van der Waals surface area contributed by atoms with Crippen LogP contribution in [-0.2, 0) is 46.5 Å². The minimum absolute atomic E-state index is 0.255. The summed E-state index contributed by atoms with van der Waals surface area (Å²) in [5.41, 5.74) is 4.09. The fourth-order valence-electron chi connectivity index (χ4n) is 8.11. The number of carbonyl (C=O) groups is 6. The van der Waals surface area contributed by atoms with Gasteiger partial charge in [0, 0.05) is 49.8 Å². The summed E-state index contributed by atoms with van der Waals surface area (Å²) in [6, 6.07) is 21.8. The van der Waals surface area contributed by atoms with E-state index in [2.05, 4.69) is 32.7 Å². The quantitative estimate of drug-likeness (QED) is 0.103. The minimum Gasteiger partial charge on any atom is -0.453 e. The Morgan fingerprint density at radius 3 is 2.00 bits per heavy atom. The van der Waals surface area contributed by atoms with Gasteiger partial charge in [-0.3, -0.25) is 24.0 Å². The first kappa shape index (κ1) is 49.5. The van der Waals surface area contributed by atoms with E-state index in [9.17, 15) is 28.8 Å². The van der Waals surface area contributed by atoms with Crippen molar-refractivity contribution >= 4 is 52.7 Å². The number of hydrogen-bond donors (Lipinski definition) is 4. The Morgan fingerprint density at radius 2 is 1.48 bits per heavy atom. The number of nitrogens with one attached hydrogen (secondary N) is 4. The van der Waals surface area contributed by atoms with Gasteiger partial charge >= 0.3 is 6.09 Å². The van der Waals surface area contributed by atoms with E-state index < -0.39 is 41.8 Å². The molecular weight excluding hydrogens is 827 g/mol. The molecule has 0 bridgehead atoms. The standard InChI is InChI=1S/C50H65N7O8/c1-9-36(10-2)42(53-46(60)41-20-16-30-65-41)47(61)57-29-15-19-40(57)45(59)52-38-27-23-35(24-28-38)32-55(39-17-13-12-14-18-39)31-34-21-25-37(26-22-34)51-44(58)33(4)56(11-3)48(62)43(50(5,6)7)54-49(63)64-8/h9-10,12-14,17-18,21-28,33,40-43H,1,11,15-16,19-20,29-32H2,2-8H3,(H,51,58)(H,52,59)(H,53,60)(H,54,63). The largest absolute Gasteiger partial charge is 0.453 e. The van der Waals surface area contributed by atoms with Gasteiger partial charge in [0.15, 0.2) is 0 Å². The van der Waals surface area contributed by atoms with Crippen molar-refractivity contribution in [2.24, 2.45) is 5.41 Å². The second-order valence-corrected chi connectivity index (χ2v) is 17.4. The van der Waals surface area contributed by atoms with Crippen LogP contribution < -0.4 is 26.2 Å². The molecule has 5 rings (SSSR count). The Hall–Kier alpha value is -6.48. The smallest absolute Gasteiger partial charge is 0.407 e. The van der Waals surface area contributed by atoms with Crippen LogP contribution in [0.15, 0.2) is 103 Å². The average Bonchev–Trinajstić information content (AvgIpc) is 4.03. The second-order valence-electron chi connectivity index (χ2n) is 17.4. The summed E-state index contributed by atoms with van der Waals surface area (Å²) in [5.74, 6) is -1.76. The van der Waals surface area contributed by atoms with Gasteiger partial charge in [0.1, 0.15) is 30.3 Å². The molecule has 5 atom stereocenters. The monoisotopic (exact) mass is 891 g/mol. The first-order valence-corrected chi connectivity index (χ1v) is 22.3. The van der Waals surface area contributed by atoms with Gasteiger partial charge < -0.3 is 45.4 Å². The maximum absolute atomic E-state index is 14.0. The van der Waals surface area contributed by atoms with E-state index in [0.29, 0.717) is 62.5 Å². The van der Waals surface area contributed by atoms with Crippen molar-refractivity contribution in [2.45, 2.75) is 111 Å². The SMILES string of the molecule is C=CC(=CC)C(NC(=O)C1CCCO1)C(=O)N1CCCC1C(=O)Nc1ccc(CN(Cc2ccc(NC(=O)C(C)N(CC)C(=O)C(NC(=O)OC)C(C)(C)C)cc2)c2ccccc2)cc1. The molecule has 2 aliphatic rings. The van der Waals surface area contributed by atoms with Crippen LogP contribution in [0, 0.1) is 5.41 Å². The van der Waals surface area contributed by atoms with E-state index in [0.717, 1.165) is 23.2 Å². The number of likely N-dealkylation sites (tertiary alicyclic amines) is 1. The van der Waals surface area contributed by atoms with Crippen LogP contribution in [0.4, 0.5) is 21.9 Å². The van der Waals surface area contributed by atoms with E-state index in [-0.39, 0.29) is 36.1 Å². The third-order valence-corrected chi connectivity index (χ3v) is 11.8. The number of ether oxygens (including phenoxy) is 2. The zero-order valence-electron chi connectivity index (χ0n) is 38.7. The van der Waals surface area contributed by atoms with Crippen LogP contribution in [0.2, 0.25) is 0 Å². The number of carbonyl (C=O) groups excluding carboxylic acids is 6. The Morgan fingerprint density at radius 1 is 0.862 bits per heavy atom. The Bertz CT molecular complexity index is 2170. The highest BCUT2D eigenvalue weighted by atomic mass is 16.5. The number of amides is 6. The van der Waals surface area contributed by atoms with Crippen molar-refractivity contribution in [3.63, 3.8) is 0 Å².